The van der Waals surface area contributed by atoms with Crippen LogP contribution >= 0.6 is 11.6 Å². The summed E-state index contributed by atoms with van der Waals surface area (Å²) in [6, 6.07) is 9.86. The van der Waals surface area contributed by atoms with Gasteiger partial charge in [-0.1, -0.05) is 17.7 Å². The van der Waals surface area contributed by atoms with E-state index in [1.165, 1.54) is 32.4 Å². The van der Waals surface area contributed by atoms with Gasteiger partial charge in [0.1, 0.15) is 5.75 Å². The van der Waals surface area contributed by atoms with Crippen molar-refractivity contribution in [1.82, 2.24) is 0 Å². The van der Waals surface area contributed by atoms with Gasteiger partial charge >= 0.3 is 0 Å². The first kappa shape index (κ1) is 19.1. The Morgan fingerprint density at radius 2 is 1.88 bits per heavy atom. The van der Waals surface area contributed by atoms with Gasteiger partial charge < -0.3 is 10.1 Å². The molecule has 25 heavy (non-hydrogen) atoms. The molecule has 2 rings (SSSR count). The molecule has 0 spiro atoms. The summed E-state index contributed by atoms with van der Waals surface area (Å²) in [5.41, 5.74) is 2.00. The number of halogens is 1. The fourth-order valence-electron chi connectivity index (χ4n) is 2.19. The number of nitrogens with one attached hydrogen (secondary N) is 1. The Balaban J connectivity index is 2.37. The summed E-state index contributed by atoms with van der Waals surface area (Å²) in [5, 5.41) is 3.00. The zero-order chi connectivity index (χ0) is 18.8. The van der Waals surface area contributed by atoms with E-state index in [2.05, 4.69) is 5.32 Å². The monoisotopic (exact) mass is 382 g/mol. The average Bonchev–Trinajstić information content (AvgIpc) is 2.54. The van der Waals surface area contributed by atoms with Gasteiger partial charge in [-0.3, -0.25) is 9.10 Å². The number of nitrogens with zero attached hydrogens (tertiary/aromatic N) is 1. The van der Waals surface area contributed by atoms with Gasteiger partial charge in [0.2, 0.25) is 10.0 Å². The number of sulfonamides is 1. The van der Waals surface area contributed by atoms with Crippen LogP contribution in [0.25, 0.3) is 0 Å². The fourth-order valence-corrected chi connectivity index (χ4v) is 2.99. The number of rotatable bonds is 5. The van der Waals surface area contributed by atoms with Crippen molar-refractivity contribution in [2.45, 2.75) is 6.92 Å². The summed E-state index contributed by atoms with van der Waals surface area (Å²) in [5.74, 6) is 0.130. The normalized spacial score (nSPS) is 11.1. The van der Waals surface area contributed by atoms with Crippen LogP contribution in [-0.2, 0) is 10.0 Å². The van der Waals surface area contributed by atoms with E-state index >= 15 is 0 Å². The molecule has 0 aliphatic carbocycles. The van der Waals surface area contributed by atoms with Crippen molar-refractivity contribution in [2.24, 2.45) is 0 Å². The molecule has 0 fully saturated rings. The Morgan fingerprint density at radius 1 is 1.20 bits per heavy atom. The van der Waals surface area contributed by atoms with Crippen LogP contribution in [0.1, 0.15) is 15.9 Å². The lowest BCUT2D eigenvalue weighted by Gasteiger charge is -2.19. The molecule has 6 nitrogen and oxygen atoms in total. The number of aryl methyl sites for hydroxylation is 1. The quantitative estimate of drug-likeness (QED) is 0.860. The lowest BCUT2D eigenvalue weighted by molar-refractivity contribution is 0.102. The molecule has 1 amide bonds. The summed E-state index contributed by atoms with van der Waals surface area (Å²) in [7, 11) is -0.606. The predicted octanol–water partition coefficient (Wildman–Crippen LogP) is 3.31. The fraction of sp³-hybridized carbons (Fsp3) is 0.235. The van der Waals surface area contributed by atoms with Crippen LogP contribution in [0, 0.1) is 6.92 Å². The van der Waals surface area contributed by atoms with E-state index in [1.807, 2.05) is 13.0 Å². The molecule has 0 aliphatic heterocycles. The van der Waals surface area contributed by atoms with Crippen molar-refractivity contribution in [1.29, 1.82) is 0 Å². The third-order valence-corrected chi connectivity index (χ3v) is 5.16. The third-order valence-electron chi connectivity index (χ3n) is 3.65. The van der Waals surface area contributed by atoms with E-state index in [0.29, 0.717) is 11.4 Å². The summed E-state index contributed by atoms with van der Waals surface area (Å²) < 4.78 is 29.7. The SMILES string of the molecule is COc1ccc(C)cc1NC(=O)c1ccc(Cl)c(N(C)S(C)(=O)=O)c1. The second kappa shape index (κ2) is 7.33. The maximum Gasteiger partial charge on any atom is 0.255 e. The number of methoxy groups -OCH3 is 1. The van der Waals surface area contributed by atoms with Crippen molar-refractivity contribution in [3.8, 4) is 5.75 Å². The summed E-state index contributed by atoms with van der Waals surface area (Å²) in [6.07, 6.45) is 1.06. The number of ether oxygens (including phenoxy) is 1. The highest BCUT2D eigenvalue weighted by Crippen LogP contribution is 2.29. The van der Waals surface area contributed by atoms with Gasteiger partial charge in [0, 0.05) is 12.6 Å². The van der Waals surface area contributed by atoms with Crippen LogP contribution in [0.2, 0.25) is 5.02 Å². The van der Waals surface area contributed by atoms with E-state index in [0.717, 1.165) is 16.1 Å². The zero-order valence-corrected chi connectivity index (χ0v) is 15.9. The molecule has 0 bridgehead atoms. The van der Waals surface area contributed by atoms with Gasteiger partial charge in [-0.15, -0.1) is 0 Å². The molecule has 0 saturated heterocycles. The van der Waals surface area contributed by atoms with Crippen LogP contribution < -0.4 is 14.4 Å². The second-order valence-electron chi connectivity index (χ2n) is 5.55. The Morgan fingerprint density at radius 3 is 2.48 bits per heavy atom. The van der Waals surface area contributed by atoms with Crippen molar-refractivity contribution in [3.63, 3.8) is 0 Å². The van der Waals surface area contributed by atoms with E-state index < -0.39 is 15.9 Å². The van der Waals surface area contributed by atoms with E-state index in [4.69, 9.17) is 16.3 Å². The van der Waals surface area contributed by atoms with Gasteiger partial charge in [0.15, 0.2) is 0 Å². The zero-order valence-electron chi connectivity index (χ0n) is 14.3. The minimum atomic E-state index is -3.50. The number of carbonyl (C=O) groups excluding carboxylic acids is 1. The maximum atomic E-state index is 12.6. The first-order valence-corrected chi connectivity index (χ1v) is 9.55. The predicted molar refractivity (Wildman–Crippen MR) is 100 cm³/mol. The molecule has 0 atom stereocenters. The molecule has 8 heteroatoms. The van der Waals surface area contributed by atoms with Gasteiger partial charge in [-0.2, -0.15) is 0 Å². The molecule has 0 aliphatic rings. The molecule has 0 radical (unpaired) electrons. The number of anilines is 2. The van der Waals surface area contributed by atoms with Crippen molar-refractivity contribution in [2.75, 3.05) is 30.0 Å². The highest BCUT2D eigenvalue weighted by atomic mass is 35.5. The molecular weight excluding hydrogens is 364 g/mol. The molecule has 0 saturated carbocycles. The Labute approximate surface area is 152 Å². The minimum Gasteiger partial charge on any atom is -0.495 e. The smallest absolute Gasteiger partial charge is 0.255 e. The minimum absolute atomic E-state index is 0.230. The number of hydrogen-bond acceptors (Lipinski definition) is 4. The van der Waals surface area contributed by atoms with Crippen LogP contribution in [0.3, 0.4) is 0 Å². The molecule has 134 valence electrons. The molecular formula is C17H19ClN2O4S. The van der Waals surface area contributed by atoms with Gasteiger partial charge in [0.25, 0.3) is 5.91 Å². The van der Waals surface area contributed by atoms with Crippen molar-refractivity contribution >= 4 is 38.9 Å². The topological polar surface area (TPSA) is 75.7 Å². The molecule has 0 aromatic heterocycles. The van der Waals surface area contributed by atoms with Gasteiger partial charge in [0.05, 0.1) is 29.8 Å². The van der Waals surface area contributed by atoms with Crippen LogP contribution in [0.4, 0.5) is 11.4 Å². The molecule has 0 heterocycles. The van der Waals surface area contributed by atoms with E-state index in [1.54, 1.807) is 12.1 Å². The molecule has 0 unspecified atom stereocenters. The van der Waals surface area contributed by atoms with Crippen LogP contribution in [0.5, 0.6) is 5.75 Å². The summed E-state index contributed by atoms with van der Waals surface area (Å²) in [6.45, 7) is 1.90. The number of hydrogen-bond donors (Lipinski definition) is 1. The van der Waals surface area contributed by atoms with Gasteiger partial charge in [-0.25, -0.2) is 8.42 Å². The molecule has 1 N–H and O–H groups in total. The van der Waals surface area contributed by atoms with Crippen LogP contribution in [-0.4, -0.2) is 34.7 Å². The molecule has 2 aromatic rings. The first-order valence-electron chi connectivity index (χ1n) is 7.33. The van der Waals surface area contributed by atoms with Gasteiger partial charge in [-0.05, 0) is 42.8 Å². The van der Waals surface area contributed by atoms with E-state index in [-0.39, 0.29) is 16.3 Å². The summed E-state index contributed by atoms with van der Waals surface area (Å²) in [4.78, 5) is 12.6. The number of carbonyl (C=O) groups is 1. The third kappa shape index (κ3) is 4.43. The Kier molecular flexibility index (Phi) is 5.59. The standard InChI is InChI=1S/C17H19ClN2O4S/c1-11-5-8-16(24-3)14(9-11)19-17(21)12-6-7-13(18)15(10-12)20(2)25(4,22)23/h5-10H,1-4H3,(H,19,21). The number of benzene rings is 2. The Bertz CT molecular complexity index is 913. The largest absolute Gasteiger partial charge is 0.495 e. The second-order valence-corrected chi connectivity index (χ2v) is 7.98. The lowest BCUT2D eigenvalue weighted by Crippen LogP contribution is -2.25. The Hall–Kier alpha value is -2.25. The highest BCUT2D eigenvalue weighted by molar-refractivity contribution is 7.92. The van der Waals surface area contributed by atoms with Crippen molar-refractivity contribution in [3.05, 3.63) is 52.5 Å². The van der Waals surface area contributed by atoms with E-state index in [9.17, 15) is 13.2 Å². The van der Waals surface area contributed by atoms with Crippen molar-refractivity contribution < 1.29 is 17.9 Å². The van der Waals surface area contributed by atoms with Crippen LogP contribution in [0.15, 0.2) is 36.4 Å². The molecule has 2 aromatic carbocycles. The highest BCUT2D eigenvalue weighted by Gasteiger charge is 2.18. The lowest BCUT2D eigenvalue weighted by atomic mass is 10.1. The summed E-state index contributed by atoms with van der Waals surface area (Å²) >= 11 is 6.07. The number of amides is 1. The maximum absolute atomic E-state index is 12.6. The first-order chi connectivity index (χ1) is 11.6. The average molecular weight is 383 g/mol.